The molecule has 0 aliphatic rings. The highest BCUT2D eigenvalue weighted by molar-refractivity contribution is 6.58. The number of hydrogen-bond acceptors (Lipinski definition) is 5. The summed E-state index contributed by atoms with van der Waals surface area (Å²) in [5.41, 5.74) is 3.26. The molecule has 0 saturated carbocycles. The van der Waals surface area contributed by atoms with Crippen molar-refractivity contribution in [2.24, 2.45) is 0 Å². The number of hydrogen-bond donors (Lipinski definition) is 2. The van der Waals surface area contributed by atoms with E-state index in [-0.39, 0.29) is 0 Å². The van der Waals surface area contributed by atoms with E-state index in [0.717, 1.165) is 22.0 Å². The van der Waals surface area contributed by atoms with Gasteiger partial charge in [0.1, 0.15) is 11.1 Å². The largest absolute Gasteiger partial charge is 0.488 e. The van der Waals surface area contributed by atoms with E-state index in [1.807, 2.05) is 30.3 Å². The van der Waals surface area contributed by atoms with Gasteiger partial charge in [0.25, 0.3) is 0 Å². The topological polar surface area (TPSA) is 79.4 Å². The van der Waals surface area contributed by atoms with Crippen molar-refractivity contribution in [3.63, 3.8) is 0 Å². The number of furan rings is 1. The van der Waals surface area contributed by atoms with Crippen molar-refractivity contribution in [1.29, 1.82) is 0 Å². The third kappa shape index (κ3) is 2.06. The number of para-hydroxylation sites is 1. The minimum Gasteiger partial charge on any atom is -0.453 e. The summed E-state index contributed by atoms with van der Waals surface area (Å²) >= 11 is 0. The van der Waals surface area contributed by atoms with Crippen LogP contribution in [0.3, 0.4) is 0 Å². The quantitative estimate of drug-likeness (QED) is 0.549. The summed E-state index contributed by atoms with van der Waals surface area (Å²) in [6.45, 7) is 0. The first-order chi connectivity index (χ1) is 10.7. The van der Waals surface area contributed by atoms with Crippen molar-refractivity contribution in [2.75, 3.05) is 0 Å². The van der Waals surface area contributed by atoms with E-state index in [2.05, 4.69) is 9.97 Å². The summed E-state index contributed by atoms with van der Waals surface area (Å²) in [6, 6.07) is 14.5. The van der Waals surface area contributed by atoms with Crippen LogP contribution in [0, 0.1) is 0 Å². The van der Waals surface area contributed by atoms with Gasteiger partial charge in [-0.1, -0.05) is 36.4 Å². The highest BCUT2D eigenvalue weighted by Crippen LogP contribution is 2.27. The lowest BCUT2D eigenvalue weighted by molar-refractivity contribution is 0.426. The molecule has 4 rings (SSSR count). The molecule has 6 heteroatoms. The number of rotatable bonds is 2. The fourth-order valence-corrected chi connectivity index (χ4v) is 2.49. The molecule has 0 saturated heterocycles. The number of benzene rings is 2. The second-order valence-corrected chi connectivity index (χ2v) is 5.00. The van der Waals surface area contributed by atoms with E-state index in [4.69, 9.17) is 4.42 Å². The van der Waals surface area contributed by atoms with Crippen LogP contribution in [0.25, 0.3) is 33.5 Å². The van der Waals surface area contributed by atoms with Crippen LogP contribution in [0.5, 0.6) is 0 Å². The van der Waals surface area contributed by atoms with Crippen molar-refractivity contribution >= 4 is 34.7 Å². The van der Waals surface area contributed by atoms with Gasteiger partial charge in [-0.3, -0.25) is 0 Å². The highest BCUT2D eigenvalue weighted by atomic mass is 16.4. The van der Waals surface area contributed by atoms with Crippen molar-refractivity contribution in [1.82, 2.24) is 9.97 Å². The zero-order valence-corrected chi connectivity index (χ0v) is 11.5. The van der Waals surface area contributed by atoms with Gasteiger partial charge in [-0.2, -0.15) is 0 Å². The number of nitrogens with zero attached hydrogens (tertiary/aromatic N) is 2. The van der Waals surface area contributed by atoms with Crippen LogP contribution in [0.4, 0.5) is 0 Å². The molecule has 2 aromatic carbocycles. The van der Waals surface area contributed by atoms with Crippen LogP contribution >= 0.6 is 0 Å². The van der Waals surface area contributed by atoms with Gasteiger partial charge in [-0.15, -0.1) is 0 Å². The molecule has 4 aromatic rings. The zero-order chi connectivity index (χ0) is 15.1. The van der Waals surface area contributed by atoms with Gasteiger partial charge in [-0.05, 0) is 17.6 Å². The fraction of sp³-hybridized carbons (Fsp3) is 0. The Kier molecular flexibility index (Phi) is 2.92. The van der Waals surface area contributed by atoms with Crippen LogP contribution in [-0.2, 0) is 0 Å². The van der Waals surface area contributed by atoms with E-state index in [1.54, 1.807) is 24.4 Å². The Morgan fingerprint density at radius 3 is 2.68 bits per heavy atom. The Morgan fingerprint density at radius 2 is 1.82 bits per heavy atom. The summed E-state index contributed by atoms with van der Waals surface area (Å²) < 4.78 is 5.70. The molecular formula is C16H11BN2O3. The molecule has 0 aliphatic carbocycles. The first kappa shape index (κ1) is 13.0. The Hall–Kier alpha value is -2.70. The summed E-state index contributed by atoms with van der Waals surface area (Å²) in [6.07, 6.45) is 1.64. The molecule has 0 fully saturated rings. The fourth-order valence-electron chi connectivity index (χ4n) is 2.49. The molecule has 2 aromatic heterocycles. The van der Waals surface area contributed by atoms with E-state index in [9.17, 15) is 10.0 Å². The lowest BCUT2D eigenvalue weighted by Gasteiger charge is -2.03. The van der Waals surface area contributed by atoms with Crippen LogP contribution in [0.1, 0.15) is 0 Å². The maximum Gasteiger partial charge on any atom is 0.488 e. The van der Waals surface area contributed by atoms with Crippen molar-refractivity contribution in [2.45, 2.75) is 0 Å². The van der Waals surface area contributed by atoms with E-state index < -0.39 is 7.12 Å². The molecule has 0 aliphatic heterocycles. The van der Waals surface area contributed by atoms with Crippen LogP contribution < -0.4 is 5.46 Å². The molecule has 2 heterocycles. The van der Waals surface area contributed by atoms with Gasteiger partial charge in [0.2, 0.25) is 0 Å². The Morgan fingerprint density at radius 1 is 0.955 bits per heavy atom. The molecule has 106 valence electrons. The number of aromatic nitrogens is 2. The van der Waals surface area contributed by atoms with E-state index in [1.165, 1.54) is 0 Å². The molecular weight excluding hydrogens is 279 g/mol. The molecule has 0 unspecified atom stereocenters. The average molecular weight is 290 g/mol. The van der Waals surface area contributed by atoms with Gasteiger partial charge in [0, 0.05) is 10.9 Å². The molecule has 0 spiro atoms. The standard InChI is InChI=1S/C16H11BN2O3/c20-17(21)11-5-3-4-10(8-11)16-18-9-14-15(19-16)12-6-1-2-7-13(12)22-14/h1-9,20-21H. The lowest BCUT2D eigenvalue weighted by Crippen LogP contribution is -2.29. The monoisotopic (exact) mass is 290 g/mol. The normalized spacial score (nSPS) is 11.2. The summed E-state index contributed by atoms with van der Waals surface area (Å²) in [4.78, 5) is 8.87. The minimum absolute atomic E-state index is 0.401. The maximum atomic E-state index is 9.27. The van der Waals surface area contributed by atoms with Gasteiger partial charge in [0.15, 0.2) is 11.4 Å². The molecule has 0 amide bonds. The molecule has 5 nitrogen and oxygen atoms in total. The second-order valence-electron chi connectivity index (χ2n) is 5.00. The highest BCUT2D eigenvalue weighted by Gasteiger charge is 2.14. The Bertz CT molecular complexity index is 981. The predicted molar refractivity (Wildman–Crippen MR) is 84.6 cm³/mol. The molecule has 22 heavy (non-hydrogen) atoms. The van der Waals surface area contributed by atoms with Gasteiger partial charge in [-0.25, -0.2) is 9.97 Å². The van der Waals surface area contributed by atoms with Crippen LogP contribution in [0.15, 0.2) is 59.1 Å². The third-order valence-electron chi connectivity index (χ3n) is 3.56. The maximum absolute atomic E-state index is 9.27. The van der Waals surface area contributed by atoms with Crippen molar-refractivity contribution < 1.29 is 14.5 Å². The second kappa shape index (κ2) is 4.94. The molecule has 0 radical (unpaired) electrons. The Balaban J connectivity index is 1.92. The van der Waals surface area contributed by atoms with E-state index >= 15 is 0 Å². The van der Waals surface area contributed by atoms with Crippen LogP contribution in [-0.4, -0.2) is 27.1 Å². The summed E-state index contributed by atoms with van der Waals surface area (Å²) in [5, 5.41) is 19.5. The summed E-state index contributed by atoms with van der Waals surface area (Å²) in [5.74, 6) is 0.515. The van der Waals surface area contributed by atoms with Crippen molar-refractivity contribution in [3.05, 3.63) is 54.7 Å². The number of fused-ring (bicyclic) bond motifs is 3. The first-order valence-electron chi connectivity index (χ1n) is 6.83. The zero-order valence-electron chi connectivity index (χ0n) is 11.5. The van der Waals surface area contributed by atoms with Crippen LogP contribution in [0.2, 0.25) is 0 Å². The van der Waals surface area contributed by atoms with Gasteiger partial charge in [0.05, 0.1) is 6.20 Å². The molecule has 0 atom stereocenters. The van der Waals surface area contributed by atoms with Gasteiger partial charge >= 0.3 is 7.12 Å². The van der Waals surface area contributed by atoms with E-state index in [0.29, 0.717) is 16.9 Å². The molecule has 2 N–H and O–H groups in total. The van der Waals surface area contributed by atoms with Crippen molar-refractivity contribution in [3.8, 4) is 11.4 Å². The first-order valence-corrected chi connectivity index (χ1v) is 6.83. The lowest BCUT2D eigenvalue weighted by atomic mass is 9.79. The molecule has 0 bridgehead atoms. The summed E-state index contributed by atoms with van der Waals surface area (Å²) in [7, 11) is -1.52. The SMILES string of the molecule is OB(O)c1cccc(-c2ncc3oc4ccccc4c3n2)c1. The average Bonchev–Trinajstić information content (AvgIpc) is 2.92. The Labute approximate surface area is 126 Å². The minimum atomic E-state index is -1.52. The smallest absolute Gasteiger partial charge is 0.453 e. The predicted octanol–water partition coefficient (Wildman–Crippen LogP) is 1.72. The van der Waals surface area contributed by atoms with Gasteiger partial charge < -0.3 is 14.5 Å². The third-order valence-corrected chi connectivity index (χ3v) is 3.56.